The lowest BCUT2D eigenvalue weighted by Gasteiger charge is -2.32. The van der Waals surface area contributed by atoms with Crippen LogP contribution >= 0.6 is 0 Å². The van der Waals surface area contributed by atoms with Gasteiger partial charge < -0.3 is 23.8 Å². The number of methoxy groups -OCH3 is 3. The van der Waals surface area contributed by atoms with Crippen molar-refractivity contribution >= 4 is 0 Å². The summed E-state index contributed by atoms with van der Waals surface area (Å²) in [5, 5.41) is 10.3. The van der Waals surface area contributed by atoms with Gasteiger partial charge in [0.15, 0.2) is 23.0 Å². The van der Waals surface area contributed by atoms with Crippen molar-refractivity contribution in [2.24, 2.45) is 5.92 Å². The van der Waals surface area contributed by atoms with Gasteiger partial charge in [0.05, 0.1) is 32.8 Å². The molecule has 0 spiro atoms. The first-order chi connectivity index (χ1) is 18.9. The zero-order valence-electron chi connectivity index (χ0n) is 24.2. The van der Waals surface area contributed by atoms with E-state index in [0.29, 0.717) is 18.1 Å². The maximum Gasteiger partial charge on any atom is 0.161 e. The van der Waals surface area contributed by atoms with Crippen LogP contribution in [-0.4, -0.2) is 46.4 Å². The van der Waals surface area contributed by atoms with E-state index in [-0.39, 0.29) is 5.92 Å². The Labute approximate surface area is 234 Å². The fourth-order valence-corrected chi connectivity index (χ4v) is 4.91. The van der Waals surface area contributed by atoms with Crippen LogP contribution in [0.5, 0.6) is 23.0 Å². The van der Waals surface area contributed by atoms with Gasteiger partial charge in [-0.1, -0.05) is 56.3 Å². The maximum absolute atomic E-state index is 10.3. The second-order valence-corrected chi connectivity index (χ2v) is 10.2. The molecular weight excluding hydrogens is 488 g/mol. The minimum atomic E-state index is -0.594. The molecule has 39 heavy (non-hydrogen) atoms. The normalized spacial score (nSPS) is 12.6. The molecule has 0 N–H and O–H groups in total. The quantitative estimate of drug-likeness (QED) is 0.219. The molecule has 6 heteroatoms. The molecule has 3 rings (SSSR count). The van der Waals surface area contributed by atoms with Crippen molar-refractivity contribution in [3.63, 3.8) is 0 Å². The van der Waals surface area contributed by atoms with Gasteiger partial charge in [-0.2, -0.15) is 5.26 Å². The number of ether oxygens (including phenoxy) is 4. The highest BCUT2D eigenvalue weighted by Gasteiger charge is 2.36. The minimum Gasteiger partial charge on any atom is -0.493 e. The second kappa shape index (κ2) is 14.5. The zero-order valence-corrected chi connectivity index (χ0v) is 24.2. The van der Waals surface area contributed by atoms with Crippen molar-refractivity contribution in [2.75, 3.05) is 41.5 Å². The van der Waals surface area contributed by atoms with Crippen molar-refractivity contribution in [2.45, 2.75) is 45.1 Å². The summed E-state index contributed by atoms with van der Waals surface area (Å²) >= 11 is 0. The van der Waals surface area contributed by atoms with Crippen molar-refractivity contribution in [3.05, 3.63) is 83.4 Å². The Balaban J connectivity index is 1.57. The van der Waals surface area contributed by atoms with Gasteiger partial charge in [-0.05, 0) is 79.7 Å². The Hall–Kier alpha value is -3.69. The third-order valence-electron chi connectivity index (χ3n) is 7.44. The van der Waals surface area contributed by atoms with E-state index in [2.05, 4.69) is 44.0 Å². The van der Waals surface area contributed by atoms with Crippen LogP contribution in [0.1, 0.15) is 43.4 Å². The summed E-state index contributed by atoms with van der Waals surface area (Å²) in [6.45, 7) is 6.54. The highest BCUT2D eigenvalue weighted by molar-refractivity contribution is 5.47. The van der Waals surface area contributed by atoms with Crippen molar-refractivity contribution < 1.29 is 18.9 Å². The van der Waals surface area contributed by atoms with E-state index in [1.54, 1.807) is 21.3 Å². The van der Waals surface area contributed by atoms with E-state index < -0.39 is 5.41 Å². The topological polar surface area (TPSA) is 64.0 Å². The third-order valence-corrected chi connectivity index (χ3v) is 7.44. The molecule has 3 aromatic rings. The van der Waals surface area contributed by atoms with E-state index in [1.807, 2.05) is 54.6 Å². The first-order valence-corrected chi connectivity index (χ1v) is 13.5. The maximum atomic E-state index is 10.3. The van der Waals surface area contributed by atoms with E-state index in [1.165, 1.54) is 5.56 Å². The lowest BCUT2D eigenvalue weighted by atomic mass is 9.69. The van der Waals surface area contributed by atoms with E-state index in [0.717, 1.165) is 55.0 Å². The summed E-state index contributed by atoms with van der Waals surface area (Å²) in [6.07, 6.45) is 2.57. The van der Waals surface area contributed by atoms with E-state index >= 15 is 0 Å². The molecule has 0 saturated carbocycles. The lowest BCUT2D eigenvalue weighted by molar-refractivity contribution is 0.283. The van der Waals surface area contributed by atoms with Crippen LogP contribution in [0.25, 0.3) is 0 Å². The molecule has 0 saturated heterocycles. The SMILES string of the molecule is COc1ccc([C@](C#N)(CCCN(C)CCc2ccc(OCc3ccccc3)c(OC)c2)C(C)C)cc1OC. The van der Waals surface area contributed by atoms with Gasteiger partial charge in [0, 0.05) is 6.54 Å². The fourth-order valence-electron chi connectivity index (χ4n) is 4.91. The number of rotatable bonds is 15. The van der Waals surface area contributed by atoms with Crippen LogP contribution in [0.2, 0.25) is 0 Å². The van der Waals surface area contributed by atoms with E-state index in [4.69, 9.17) is 18.9 Å². The predicted octanol–water partition coefficient (Wildman–Crippen LogP) is 6.66. The monoisotopic (exact) mass is 530 g/mol. The van der Waals surface area contributed by atoms with Gasteiger partial charge in [0.1, 0.15) is 6.61 Å². The molecule has 0 aliphatic rings. The third kappa shape index (κ3) is 7.68. The Bertz CT molecular complexity index is 1220. The Kier molecular flexibility index (Phi) is 11.1. The molecule has 208 valence electrons. The summed E-state index contributed by atoms with van der Waals surface area (Å²) in [6, 6.07) is 24.8. The second-order valence-electron chi connectivity index (χ2n) is 10.2. The molecule has 0 unspecified atom stereocenters. The van der Waals surface area contributed by atoms with Crippen LogP contribution in [-0.2, 0) is 18.4 Å². The minimum absolute atomic E-state index is 0.154. The molecule has 0 heterocycles. The van der Waals surface area contributed by atoms with Gasteiger partial charge >= 0.3 is 0 Å². The lowest BCUT2D eigenvalue weighted by Crippen LogP contribution is -2.32. The van der Waals surface area contributed by atoms with Crippen LogP contribution in [0.4, 0.5) is 0 Å². The first kappa shape index (κ1) is 29.9. The highest BCUT2D eigenvalue weighted by Crippen LogP contribution is 2.40. The van der Waals surface area contributed by atoms with Gasteiger partial charge in [0.25, 0.3) is 0 Å². The Morgan fingerprint density at radius 2 is 1.46 bits per heavy atom. The van der Waals surface area contributed by atoms with Crippen LogP contribution in [0.3, 0.4) is 0 Å². The standard InChI is InChI=1S/C33H42N2O4/c1-25(2)33(24-34,28-14-16-29(36-4)32(22-28)38-6)18-10-19-35(3)20-17-26-13-15-30(31(21-26)37-5)39-23-27-11-8-7-9-12-27/h7-9,11-16,21-22,25H,10,17-20,23H2,1-6H3/t33-/m0/s1. The summed E-state index contributed by atoms with van der Waals surface area (Å²) in [7, 11) is 7.06. The molecule has 0 radical (unpaired) electrons. The smallest absolute Gasteiger partial charge is 0.161 e. The van der Waals surface area contributed by atoms with Crippen molar-refractivity contribution in [1.29, 1.82) is 5.26 Å². The number of hydrogen-bond acceptors (Lipinski definition) is 6. The Morgan fingerprint density at radius 3 is 2.10 bits per heavy atom. The average molecular weight is 531 g/mol. The van der Waals surface area contributed by atoms with Crippen molar-refractivity contribution in [3.8, 4) is 29.1 Å². The summed E-state index contributed by atoms with van der Waals surface area (Å²) in [5.74, 6) is 2.97. The molecule has 0 bridgehead atoms. The van der Waals surface area contributed by atoms with Gasteiger partial charge in [0.2, 0.25) is 0 Å². The number of benzene rings is 3. The molecule has 0 aromatic heterocycles. The molecule has 3 aromatic carbocycles. The molecule has 1 atom stereocenters. The first-order valence-electron chi connectivity index (χ1n) is 13.5. The molecule has 0 fully saturated rings. The van der Waals surface area contributed by atoms with Crippen LogP contribution < -0.4 is 18.9 Å². The zero-order chi connectivity index (χ0) is 28.3. The number of nitriles is 1. The molecule has 0 aliphatic carbocycles. The Morgan fingerprint density at radius 1 is 0.795 bits per heavy atom. The summed E-state index contributed by atoms with van der Waals surface area (Å²) in [4.78, 5) is 2.32. The molecule has 0 aliphatic heterocycles. The van der Waals surface area contributed by atoms with Gasteiger partial charge in [-0.15, -0.1) is 0 Å². The van der Waals surface area contributed by atoms with Crippen LogP contribution in [0.15, 0.2) is 66.7 Å². The number of likely N-dealkylation sites (N-methyl/N-ethyl adjacent to an activating group) is 1. The largest absolute Gasteiger partial charge is 0.493 e. The van der Waals surface area contributed by atoms with Crippen LogP contribution in [0, 0.1) is 17.2 Å². The van der Waals surface area contributed by atoms with Gasteiger partial charge in [-0.25, -0.2) is 0 Å². The summed E-state index contributed by atoms with van der Waals surface area (Å²) in [5.41, 5.74) is 2.70. The molecule has 6 nitrogen and oxygen atoms in total. The number of nitrogens with zero attached hydrogens (tertiary/aromatic N) is 2. The van der Waals surface area contributed by atoms with Gasteiger partial charge in [-0.3, -0.25) is 0 Å². The van der Waals surface area contributed by atoms with Crippen molar-refractivity contribution in [1.82, 2.24) is 4.90 Å². The number of hydrogen-bond donors (Lipinski definition) is 0. The molecule has 0 amide bonds. The predicted molar refractivity (Wildman–Crippen MR) is 156 cm³/mol. The fraction of sp³-hybridized carbons (Fsp3) is 0.424. The summed E-state index contributed by atoms with van der Waals surface area (Å²) < 4.78 is 22.5. The average Bonchev–Trinajstić information content (AvgIpc) is 2.97. The molecular formula is C33H42N2O4. The van der Waals surface area contributed by atoms with E-state index in [9.17, 15) is 5.26 Å². The highest BCUT2D eigenvalue weighted by atomic mass is 16.5.